The average molecular weight is 335 g/mol. The van der Waals surface area contributed by atoms with E-state index in [0.717, 1.165) is 20.6 Å². The van der Waals surface area contributed by atoms with Crippen LogP contribution in [0, 0.1) is 12.8 Å². The van der Waals surface area contributed by atoms with Gasteiger partial charge in [0.2, 0.25) is 0 Å². The summed E-state index contributed by atoms with van der Waals surface area (Å²) < 4.78 is 0.999. The number of aryl methyl sites for hydroxylation is 1. The third-order valence-electron chi connectivity index (χ3n) is 2.78. The van der Waals surface area contributed by atoms with E-state index in [1.807, 2.05) is 31.0 Å². The number of aliphatic carboxylic acids is 1. The lowest BCUT2D eigenvalue weighted by molar-refractivity contribution is -0.141. The van der Waals surface area contributed by atoms with Crippen LogP contribution in [-0.2, 0) is 11.3 Å². The first-order valence-electron chi connectivity index (χ1n) is 5.67. The van der Waals surface area contributed by atoms with Crippen molar-refractivity contribution >= 4 is 33.5 Å². The van der Waals surface area contributed by atoms with Gasteiger partial charge in [-0.3, -0.25) is 4.79 Å². The van der Waals surface area contributed by atoms with E-state index in [9.17, 15) is 4.79 Å². The number of benzene rings is 1. The van der Waals surface area contributed by atoms with Crippen LogP contribution in [0.25, 0.3) is 0 Å². The molecule has 1 N–H and O–H groups in total. The zero-order chi connectivity index (χ0) is 13.9. The van der Waals surface area contributed by atoms with Crippen LogP contribution in [-0.4, -0.2) is 29.6 Å². The molecule has 0 spiro atoms. The Balaban J connectivity index is 2.73. The van der Waals surface area contributed by atoms with Crippen molar-refractivity contribution in [1.82, 2.24) is 4.90 Å². The van der Waals surface area contributed by atoms with Gasteiger partial charge >= 0.3 is 5.97 Å². The summed E-state index contributed by atoms with van der Waals surface area (Å²) in [6.45, 7) is 4.83. The Labute approximate surface area is 121 Å². The van der Waals surface area contributed by atoms with Crippen LogP contribution >= 0.6 is 27.5 Å². The Morgan fingerprint density at radius 3 is 2.72 bits per heavy atom. The molecule has 18 heavy (non-hydrogen) atoms. The molecule has 0 radical (unpaired) electrons. The molecule has 0 aliphatic rings. The van der Waals surface area contributed by atoms with Gasteiger partial charge in [0.15, 0.2) is 0 Å². The second-order valence-electron chi connectivity index (χ2n) is 4.63. The summed E-state index contributed by atoms with van der Waals surface area (Å²) in [6, 6.07) is 3.90. The molecule has 0 aliphatic heterocycles. The third-order valence-corrected chi connectivity index (χ3v) is 3.92. The van der Waals surface area contributed by atoms with Gasteiger partial charge in [-0.25, -0.2) is 0 Å². The summed E-state index contributed by atoms with van der Waals surface area (Å²) in [5.41, 5.74) is 2.08. The average Bonchev–Trinajstić information content (AvgIpc) is 2.25. The minimum absolute atomic E-state index is 0.380. The molecule has 0 saturated carbocycles. The Kier molecular flexibility index (Phi) is 5.63. The third kappa shape index (κ3) is 4.26. The van der Waals surface area contributed by atoms with Crippen LogP contribution in [0.4, 0.5) is 0 Å². The lowest BCUT2D eigenvalue weighted by atomic mass is 10.1. The minimum Gasteiger partial charge on any atom is -0.481 e. The zero-order valence-electron chi connectivity index (χ0n) is 10.7. The van der Waals surface area contributed by atoms with Gasteiger partial charge in [0.1, 0.15) is 0 Å². The standard InChI is InChI=1S/C13H17BrClNO2/c1-8-4-11(14)10(5-12(8)15)7-16(3)6-9(2)13(17)18/h4-5,9H,6-7H2,1-3H3,(H,17,18). The smallest absolute Gasteiger partial charge is 0.307 e. The molecule has 1 aromatic carbocycles. The highest BCUT2D eigenvalue weighted by molar-refractivity contribution is 9.10. The maximum Gasteiger partial charge on any atom is 0.307 e. The molecule has 1 unspecified atom stereocenters. The van der Waals surface area contributed by atoms with Crippen molar-refractivity contribution in [2.24, 2.45) is 5.92 Å². The molecule has 0 aliphatic carbocycles. The van der Waals surface area contributed by atoms with E-state index in [-0.39, 0.29) is 5.92 Å². The molecule has 3 nitrogen and oxygen atoms in total. The van der Waals surface area contributed by atoms with Crippen molar-refractivity contribution in [3.63, 3.8) is 0 Å². The molecule has 1 atom stereocenters. The normalized spacial score (nSPS) is 12.8. The number of carbonyl (C=O) groups is 1. The molecule has 0 aromatic heterocycles. The first kappa shape index (κ1) is 15.5. The van der Waals surface area contributed by atoms with E-state index in [1.165, 1.54) is 0 Å². The molecule has 0 amide bonds. The Hall–Kier alpha value is -0.580. The van der Waals surface area contributed by atoms with Crippen molar-refractivity contribution in [3.05, 3.63) is 32.8 Å². The van der Waals surface area contributed by atoms with Crippen LogP contribution in [0.3, 0.4) is 0 Å². The first-order chi connectivity index (χ1) is 8.31. The summed E-state index contributed by atoms with van der Waals surface area (Å²) >= 11 is 9.60. The Morgan fingerprint density at radius 1 is 1.56 bits per heavy atom. The zero-order valence-corrected chi connectivity index (χ0v) is 13.0. The summed E-state index contributed by atoms with van der Waals surface area (Å²) in [4.78, 5) is 12.8. The van der Waals surface area contributed by atoms with Gasteiger partial charge in [-0.15, -0.1) is 0 Å². The summed E-state index contributed by atoms with van der Waals surface area (Å²) in [7, 11) is 1.90. The monoisotopic (exact) mass is 333 g/mol. The predicted molar refractivity (Wildman–Crippen MR) is 77.0 cm³/mol. The van der Waals surface area contributed by atoms with Gasteiger partial charge in [0, 0.05) is 22.6 Å². The van der Waals surface area contributed by atoms with Crippen LogP contribution in [0.15, 0.2) is 16.6 Å². The maximum absolute atomic E-state index is 10.8. The van der Waals surface area contributed by atoms with E-state index in [4.69, 9.17) is 16.7 Å². The van der Waals surface area contributed by atoms with Crippen LogP contribution in [0.2, 0.25) is 5.02 Å². The maximum atomic E-state index is 10.8. The number of carboxylic acids is 1. The second-order valence-corrected chi connectivity index (χ2v) is 5.89. The molecule has 0 saturated heterocycles. The van der Waals surface area contributed by atoms with Gasteiger partial charge in [-0.2, -0.15) is 0 Å². The Bertz CT molecular complexity index is 451. The molecular formula is C13H17BrClNO2. The van der Waals surface area contributed by atoms with Crippen LogP contribution in [0.5, 0.6) is 0 Å². The van der Waals surface area contributed by atoms with E-state index in [2.05, 4.69) is 15.9 Å². The number of hydrogen-bond acceptors (Lipinski definition) is 2. The van der Waals surface area contributed by atoms with Gasteiger partial charge in [-0.1, -0.05) is 34.5 Å². The fourth-order valence-corrected chi connectivity index (χ4v) is 2.48. The summed E-state index contributed by atoms with van der Waals surface area (Å²) in [5.74, 6) is -1.16. The van der Waals surface area contributed by atoms with Crippen molar-refractivity contribution in [2.75, 3.05) is 13.6 Å². The first-order valence-corrected chi connectivity index (χ1v) is 6.84. The van der Waals surface area contributed by atoms with Crippen molar-refractivity contribution in [2.45, 2.75) is 20.4 Å². The highest BCUT2D eigenvalue weighted by Gasteiger charge is 2.14. The van der Waals surface area contributed by atoms with Crippen molar-refractivity contribution in [3.8, 4) is 0 Å². The number of hydrogen-bond donors (Lipinski definition) is 1. The van der Waals surface area contributed by atoms with Crippen molar-refractivity contribution in [1.29, 1.82) is 0 Å². The molecule has 0 bridgehead atoms. The van der Waals surface area contributed by atoms with E-state index >= 15 is 0 Å². The predicted octanol–water partition coefficient (Wildman–Crippen LogP) is 3.56. The van der Waals surface area contributed by atoms with E-state index in [1.54, 1.807) is 6.92 Å². The lowest BCUT2D eigenvalue weighted by Gasteiger charge is -2.20. The molecule has 5 heteroatoms. The molecule has 100 valence electrons. The molecular weight excluding hydrogens is 318 g/mol. The highest BCUT2D eigenvalue weighted by atomic mass is 79.9. The second kappa shape index (κ2) is 6.55. The van der Waals surface area contributed by atoms with E-state index in [0.29, 0.717) is 13.1 Å². The molecule has 0 fully saturated rings. The largest absolute Gasteiger partial charge is 0.481 e. The summed E-state index contributed by atoms with van der Waals surface area (Å²) in [6.07, 6.45) is 0. The van der Waals surface area contributed by atoms with Crippen LogP contribution < -0.4 is 0 Å². The van der Waals surface area contributed by atoms with Gasteiger partial charge < -0.3 is 10.0 Å². The number of carboxylic acid groups (broad SMARTS) is 1. The molecule has 1 rings (SSSR count). The number of rotatable bonds is 5. The number of halogens is 2. The lowest BCUT2D eigenvalue weighted by Crippen LogP contribution is -2.28. The van der Waals surface area contributed by atoms with Gasteiger partial charge in [0.25, 0.3) is 0 Å². The van der Waals surface area contributed by atoms with Crippen molar-refractivity contribution < 1.29 is 9.90 Å². The summed E-state index contributed by atoms with van der Waals surface area (Å²) in [5, 5.41) is 9.60. The fourth-order valence-electron chi connectivity index (χ4n) is 1.71. The fraction of sp³-hybridized carbons (Fsp3) is 0.462. The van der Waals surface area contributed by atoms with Gasteiger partial charge in [-0.05, 0) is 37.2 Å². The SMILES string of the molecule is Cc1cc(Br)c(CN(C)CC(C)C(=O)O)cc1Cl. The topological polar surface area (TPSA) is 40.5 Å². The quantitative estimate of drug-likeness (QED) is 0.895. The number of nitrogens with zero attached hydrogens (tertiary/aromatic N) is 1. The van der Waals surface area contributed by atoms with Crippen LogP contribution in [0.1, 0.15) is 18.1 Å². The Morgan fingerprint density at radius 2 is 2.17 bits per heavy atom. The molecule has 0 heterocycles. The molecule has 1 aromatic rings. The highest BCUT2D eigenvalue weighted by Crippen LogP contribution is 2.26. The van der Waals surface area contributed by atoms with E-state index < -0.39 is 5.97 Å². The van der Waals surface area contributed by atoms with Gasteiger partial charge in [0.05, 0.1) is 5.92 Å². The minimum atomic E-state index is -0.775.